The summed E-state index contributed by atoms with van der Waals surface area (Å²) in [5.74, 6) is -0.419. The van der Waals surface area contributed by atoms with E-state index in [2.05, 4.69) is 4.98 Å². The molecule has 0 amide bonds. The van der Waals surface area contributed by atoms with Gasteiger partial charge >= 0.3 is 0 Å². The number of pyridine rings is 1. The van der Waals surface area contributed by atoms with Crippen molar-refractivity contribution >= 4 is 17.9 Å². The van der Waals surface area contributed by atoms with Crippen molar-refractivity contribution in [2.45, 2.75) is 0 Å². The molecule has 1 heterocycles. The SMILES string of the molecule is COc1nccc(-c2cccc(Cl)c2F)c1C=O. The van der Waals surface area contributed by atoms with Gasteiger partial charge in [-0.05, 0) is 12.1 Å². The molecule has 0 saturated carbocycles. The first kappa shape index (κ1) is 12.5. The van der Waals surface area contributed by atoms with Crippen molar-refractivity contribution in [2.24, 2.45) is 0 Å². The summed E-state index contributed by atoms with van der Waals surface area (Å²) in [4.78, 5) is 15.0. The van der Waals surface area contributed by atoms with Crippen molar-refractivity contribution in [3.63, 3.8) is 0 Å². The molecule has 2 aromatic rings. The Balaban J connectivity index is 2.71. The number of carbonyl (C=O) groups excluding carboxylic acids is 1. The molecule has 1 aromatic carbocycles. The largest absolute Gasteiger partial charge is 0.480 e. The molecular weight excluding hydrogens is 257 g/mol. The lowest BCUT2D eigenvalue weighted by Crippen LogP contribution is -1.98. The van der Waals surface area contributed by atoms with Crippen LogP contribution < -0.4 is 4.74 Å². The minimum atomic E-state index is -0.574. The van der Waals surface area contributed by atoms with E-state index in [-0.39, 0.29) is 22.0 Å². The summed E-state index contributed by atoms with van der Waals surface area (Å²) in [7, 11) is 1.40. The fraction of sp³-hybridized carbons (Fsp3) is 0.0769. The van der Waals surface area contributed by atoms with Gasteiger partial charge in [-0.2, -0.15) is 0 Å². The number of carbonyl (C=O) groups is 1. The van der Waals surface area contributed by atoms with Crippen molar-refractivity contribution in [1.82, 2.24) is 4.98 Å². The standard InChI is InChI=1S/C13H9ClFNO2/c1-18-13-10(7-17)8(5-6-16-13)9-3-2-4-11(14)12(9)15/h2-7H,1H3. The highest BCUT2D eigenvalue weighted by molar-refractivity contribution is 6.31. The summed E-state index contributed by atoms with van der Waals surface area (Å²) in [6.45, 7) is 0. The molecule has 0 aliphatic heterocycles. The number of methoxy groups -OCH3 is 1. The average Bonchev–Trinajstić information content (AvgIpc) is 2.41. The number of hydrogen-bond donors (Lipinski definition) is 0. The summed E-state index contributed by atoms with van der Waals surface area (Å²) in [6, 6.07) is 6.14. The monoisotopic (exact) mass is 265 g/mol. The Kier molecular flexibility index (Phi) is 3.58. The number of ether oxygens (including phenoxy) is 1. The van der Waals surface area contributed by atoms with E-state index in [4.69, 9.17) is 16.3 Å². The summed E-state index contributed by atoms with van der Waals surface area (Å²) < 4.78 is 18.9. The van der Waals surface area contributed by atoms with Crippen LogP contribution in [0.3, 0.4) is 0 Å². The third-order valence-electron chi connectivity index (χ3n) is 2.51. The Hall–Kier alpha value is -1.94. The van der Waals surface area contributed by atoms with Gasteiger partial charge in [0.1, 0.15) is 5.82 Å². The average molecular weight is 266 g/mol. The van der Waals surface area contributed by atoms with Gasteiger partial charge in [-0.1, -0.05) is 23.7 Å². The van der Waals surface area contributed by atoms with Gasteiger partial charge in [0.2, 0.25) is 5.88 Å². The first-order chi connectivity index (χ1) is 8.69. The molecule has 0 radical (unpaired) electrons. The molecule has 0 unspecified atom stereocenters. The highest BCUT2D eigenvalue weighted by Crippen LogP contribution is 2.32. The van der Waals surface area contributed by atoms with Crippen LogP contribution in [0.1, 0.15) is 10.4 Å². The van der Waals surface area contributed by atoms with E-state index >= 15 is 0 Å². The lowest BCUT2D eigenvalue weighted by molar-refractivity contribution is 0.112. The molecule has 0 spiro atoms. The van der Waals surface area contributed by atoms with Gasteiger partial charge in [0.15, 0.2) is 6.29 Å². The molecule has 0 aliphatic rings. The molecule has 5 heteroatoms. The fourth-order valence-electron chi connectivity index (χ4n) is 1.68. The number of aldehydes is 1. The minimum Gasteiger partial charge on any atom is -0.480 e. The highest BCUT2D eigenvalue weighted by atomic mass is 35.5. The van der Waals surface area contributed by atoms with E-state index < -0.39 is 5.82 Å². The van der Waals surface area contributed by atoms with Crippen molar-refractivity contribution in [3.8, 4) is 17.0 Å². The zero-order chi connectivity index (χ0) is 13.1. The summed E-state index contributed by atoms with van der Waals surface area (Å²) in [5.41, 5.74) is 0.836. The van der Waals surface area contributed by atoms with Crippen LogP contribution in [0.25, 0.3) is 11.1 Å². The third kappa shape index (κ3) is 2.07. The Morgan fingerprint density at radius 1 is 1.33 bits per heavy atom. The van der Waals surface area contributed by atoms with Gasteiger partial charge in [0.25, 0.3) is 0 Å². The van der Waals surface area contributed by atoms with Gasteiger partial charge < -0.3 is 4.74 Å². The van der Waals surface area contributed by atoms with Gasteiger partial charge in [0.05, 0.1) is 17.7 Å². The molecule has 0 aliphatic carbocycles. The second kappa shape index (κ2) is 5.14. The van der Waals surface area contributed by atoms with E-state index in [1.807, 2.05) is 0 Å². The van der Waals surface area contributed by atoms with E-state index in [1.165, 1.54) is 19.4 Å². The number of rotatable bonds is 3. The number of hydrogen-bond acceptors (Lipinski definition) is 3. The predicted octanol–water partition coefficient (Wildman–Crippen LogP) is 3.36. The van der Waals surface area contributed by atoms with E-state index in [1.54, 1.807) is 18.2 Å². The summed E-state index contributed by atoms with van der Waals surface area (Å²) >= 11 is 5.72. The van der Waals surface area contributed by atoms with Crippen molar-refractivity contribution in [1.29, 1.82) is 0 Å². The van der Waals surface area contributed by atoms with Crippen LogP contribution in [0.4, 0.5) is 4.39 Å². The lowest BCUT2D eigenvalue weighted by Gasteiger charge is -2.09. The number of aromatic nitrogens is 1. The van der Waals surface area contributed by atoms with E-state index in [9.17, 15) is 9.18 Å². The molecule has 0 N–H and O–H groups in total. The molecule has 2 rings (SSSR count). The molecule has 0 fully saturated rings. The Morgan fingerprint density at radius 2 is 2.11 bits per heavy atom. The van der Waals surface area contributed by atoms with Gasteiger partial charge in [0, 0.05) is 17.3 Å². The number of benzene rings is 1. The molecule has 1 aromatic heterocycles. The van der Waals surface area contributed by atoms with Crippen molar-refractivity contribution in [2.75, 3.05) is 7.11 Å². The van der Waals surface area contributed by atoms with Crippen molar-refractivity contribution in [3.05, 3.63) is 46.9 Å². The van der Waals surface area contributed by atoms with Crippen LogP contribution in [0.15, 0.2) is 30.5 Å². The summed E-state index contributed by atoms with van der Waals surface area (Å²) in [6.07, 6.45) is 2.03. The van der Waals surface area contributed by atoms with Crippen molar-refractivity contribution < 1.29 is 13.9 Å². The number of halogens is 2. The Morgan fingerprint density at radius 3 is 2.78 bits per heavy atom. The van der Waals surface area contributed by atoms with E-state index in [0.29, 0.717) is 11.8 Å². The molecule has 0 atom stereocenters. The fourth-order valence-corrected chi connectivity index (χ4v) is 1.85. The van der Waals surface area contributed by atoms with E-state index in [0.717, 1.165) is 0 Å². The van der Waals surface area contributed by atoms with Gasteiger partial charge in [-0.3, -0.25) is 4.79 Å². The quantitative estimate of drug-likeness (QED) is 0.799. The molecule has 3 nitrogen and oxygen atoms in total. The van der Waals surface area contributed by atoms with Crippen LogP contribution in [-0.4, -0.2) is 18.4 Å². The van der Waals surface area contributed by atoms with Crippen LogP contribution >= 0.6 is 11.6 Å². The Labute approximate surface area is 108 Å². The molecule has 18 heavy (non-hydrogen) atoms. The molecule has 92 valence electrons. The Bertz CT molecular complexity index is 602. The lowest BCUT2D eigenvalue weighted by atomic mass is 10.0. The van der Waals surface area contributed by atoms with Crippen LogP contribution in [0, 0.1) is 5.82 Å². The second-order valence-corrected chi connectivity index (χ2v) is 3.91. The van der Waals surface area contributed by atoms with Gasteiger partial charge in [-0.25, -0.2) is 9.37 Å². The zero-order valence-corrected chi connectivity index (χ0v) is 10.2. The third-order valence-corrected chi connectivity index (χ3v) is 2.80. The summed E-state index contributed by atoms with van der Waals surface area (Å²) in [5, 5.41) is 0.000119. The normalized spacial score (nSPS) is 10.2. The first-order valence-electron chi connectivity index (χ1n) is 5.11. The topological polar surface area (TPSA) is 39.2 Å². The minimum absolute atomic E-state index is 0.000119. The van der Waals surface area contributed by atoms with Crippen LogP contribution in [0.5, 0.6) is 5.88 Å². The maximum absolute atomic E-state index is 13.9. The molecule has 0 saturated heterocycles. The predicted molar refractivity (Wildman–Crippen MR) is 66.6 cm³/mol. The smallest absolute Gasteiger partial charge is 0.224 e. The maximum Gasteiger partial charge on any atom is 0.224 e. The second-order valence-electron chi connectivity index (χ2n) is 3.50. The van der Waals surface area contributed by atoms with Crippen LogP contribution in [-0.2, 0) is 0 Å². The first-order valence-corrected chi connectivity index (χ1v) is 5.49. The molecule has 0 bridgehead atoms. The van der Waals surface area contributed by atoms with Crippen LogP contribution in [0.2, 0.25) is 5.02 Å². The number of nitrogens with zero attached hydrogens (tertiary/aromatic N) is 1. The maximum atomic E-state index is 13.9. The van der Waals surface area contributed by atoms with Gasteiger partial charge in [-0.15, -0.1) is 0 Å². The molecular formula is C13H9ClFNO2. The highest BCUT2D eigenvalue weighted by Gasteiger charge is 2.15. The zero-order valence-electron chi connectivity index (χ0n) is 9.48.